The number of hydrogen-bond donors (Lipinski definition) is 13. The first-order valence-electron chi connectivity index (χ1n) is 33.8. The number of amides is 1. The van der Waals surface area contributed by atoms with Crippen LogP contribution in [0, 0.1) is 41.4 Å². The average molecular weight is 1840 g/mol. The Labute approximate surface area is 668 Å². The molecule has 13 N–H and O–H groups in total. The zero-order valence-electron chi connectivity index (χ0n) is 61.1. The molecule has 0 saturated carbocycles. The standard InChI is InChI=1S/C52H90N4O51S8/c1-9-13-32(60)53-14-11-10-12-15-80-50-41(108-104-54-101-61)26(6)34(30(87-50)17-85-111(65,66)67)92-49-40(100-115(77,78)79)24(4)36(45(97-49)82-20-58)93-51-42(109-105-55-102-62)27(7)33(29(88-51)16-84-107-64)90-48-39(99-114(74,75)76)25(5)37(46(96-48)83-21-59)94-52-43(110-106-56-103-63)28(8)35(31(89-52)18-86-112(68,69)70)91-47-38(98-113(71,72)73)22(2)23(3)44(95-47)81-19-57/h19-31,33-52,54-56,61-64H,9-18H2,1-8H3,(H,53,60)(H,65,66,67)(H,68,69,70)(H,71,72,73)(H,74,75,76)(H,77,78,79)/t22-,23+,24-,25?,26+,27?,28+,29+,30?,31?,33+,34+,35+,36+,37+,38?,39?,40?,41?,42?,43?,44?,45?,46-,47-,48-,49-,50-,51-,52-/m1/s1. The minimum absolute atomic E-state index is 0.0285. The van der Waals surface area contributed by atoms with Gasteiger partial charge in [0.25, 0.3) is 19.4 Å². The molecule has 0 aliphatic carbocycles. The Morgan fingerprint density at radius 2 is 0.757 bits per heavy atom. The molecule has 6 aliphatic heterocycles. The van der Waals surface area contributed by atoms with Crippen molar-refractivity contribution >= 4 is 113 Å². The van der Waals surface area contributed by atoms with Crippen molar-refractivity contribution in [1.29, 1.82) is 0 Å². The Hall–Kier alpha value is -2.80. The third-order valence-electron chi connectivity index (χ3n) is 18.3. The van der Waals surface area contributed by atoms with Gasteiger partial charge in [0.15, 0.2) is 37.7 Å². The Balaban J connectivity index is 1.34. The molecular formula is C52H90N4O51S8. The lowest BCUT2D eigenvalue weighted by molar-refractivity contribution is -0.499. The number of carbonyl (C=O) groups excluding carboxylic acids is 4. The number of rotatable bonds is 52. The van der Waals surface area contributed by atoms with Gasteiger partial charge in [-0.3, -0.25) is 41.9 Å². The summed E-state index contributed by atoms with van der Waals surface area (Å²) in [6.45, 7) is 7.39. The van der Waals surface area contributed by atoms with Gasteiger partial charge in [-0.25, -0.2) is 59.7 Å². The van der Waals surface area contributed by atoms with E-state index < -0.39 is 253 Å². The number of hydrogen-bond acceptors (Lipinski definition) is 52. The summed E-state index contributed by atoms with van der Waals surface area (Å²) in [4.78, 5) is 64.8. The van der Waals surface area contributed by atoms with Gasteiger partial charge in [-0.05, 0) is 48.5 Å². The number of ether oxygens (including phenoxy) is 15. The lowest BCUT2D eigenvalue weighted by Gasteiger charge is -2.51. The number of unbranched alkanes of at least 4 members (excludes halogenated alkanes) is 2. The molecule has 6 saturated heterocycles. The molecule has 6 fully saturated rings. The van der Waals surface area contributed by atoms with Gasteiger partial charge in [0, 0.05) is 91.2 Å². The summed E-state index contributed by atoms with van der Waals surface area (Å²) in [5.74, 6) is -9.39. The molecule has 115 heavy (non-hydrogen) atoms. The second-order valence-corrected chi connectivity index (χ2v) is 33.7. The molecule has 63 heteroatoms. The van der Waals surface area contributed by atoms with Crippen molar-refractivity contribution in [3.05, 3.63) is 0 Å². The largest absolute Gasteiger partial charge is 0.438 e. The van der Waals surface area contributed by atoms with Crippen molar-refractivity contribution in [2.45, 2.75) is 227 Å². The molecule has 6 heterocycles. The normalized spacial score (nSPS) is 36.5. The van der Waals surface area contributed by atoms with Crippen molar-refractivity contribution in [3.8, 4) is 0 Å². The quantitative estimate of drug-likeness (QED) is 0.00638. The van der Waals surface area contributed by atoms with Crippen LogP contribution >= 0.6 is 36.1 Å². The molecular weight excluding hydrogens is 1750 g/mol. The van der Waals surface area contributed by atoms with Crippen LogP contribution in [0.4, 0.5) is 0 Å². The second-order valence-electron chi connectivity index (χ2n) is 25.7. The third kappa shape index (κ3) is 31.5. The van der Waals surface area contributed by atoms with Gasteiger partial charge < -0.3 is 76.4 Å². The maximum Gasteiger partial charge on any atom is 0.397 e. The van der Waals surface area contributed by atoms with E-state index in [1.54, 1.807) is 16.9 Å². The van der Waals surface area contributed by atoms with Crippen LogP contribution in [0.15, 0.2) is 0 Å². The van der Waals surface area contributed by atoms with Crippen LogP contribution in [-0.4, -0.2) is 284 Å². The van der Waals surface area contributed by atoms with Crippen molar-refractivity contribution in [2.24, 2.45) is 41.4 Å². The highest BCUT2D eigenvalue weighted by Gasteiger charge is 2.60. The van der Waals surface area contributed by atoms with Crippen LogP contribution < -0.4 is 22.2 Å². The lowest BCUT2D eigenvalue weighted by Crippen LogP contribution is -2.64. The molecule has 0 bridgehead atoms. The van der Waals surface area contributed by atoms with Gasteiger partial charge in [0.05, 0.1) is 47.3 Å². The minimum atomic E-state index is -5.74. The van der Waals surface area contributed by atoms with E-state index in [0.717, 1.165) is 13.8 Å². The van der Waals surface area contributed by atoms with E-state index >= 15 is 0 Å². The summed E-state index contributed by atoms with van der Waals surface area (Å²) < 4.78 is 305. The molecule has 6 aliphatic rings. The molecule has 0 aromatic carbocycles. The van der Waals surface area contributed by atoms with Crippen LogP contribution in [0.3, 0.4) is 0 Å². The van der Waals surface area contributed by atoms with Crippen LogP contribution in [0.5, 0.6) is 0 Å². The summed E-state index contributed by atoms with van der Waals surface area (Å²) in [5.41, 5.74) is 4.96. The van der Waals surface area contributed by atoms with Crippen molar-refractivity contribution in [2.75, 3.05) is 33.0 Å². The van der Waals surface area contributed by atoms with E-state index in [1.807, 2.05) is 6.92 Å². The maximum absolute atomic E-state index is 13.0. The van der Waals surface area contributed by atoms with Crippen LogP contribution in [0.25, 0.3) is 0 Å². The van der Waals surface area contributed by atoms with E-state index in [2.05, 4.69) is 29.5 Å². The van der Waals surface area contributed by atoms with E-state index in [-0.39, 0.29) is 56.0 Å². The predicted molar refractivity (Wildman–Crippen MR) is 362 cm³/mol. The molecule has 0 aromatic heterocycles. The first kappa shape index (κ1) is 101. The molecule has 30 atom stereocenters. The molecule has 12 unspecified atom stereocenters. The van der Waals surface area contributed by atoms with E-state index in [9.17, 15) is 94.5 Å². The van der Waals surface area contributed by atoms with E-state index in [1.165, 1.54) is 34.6 Å². The van der Waals surface area contributed by atoms with Gasteiger partial charge in [-0.15, -0.1) is 15.0 Å². The molecule has 672 valence electrons. The van der Waals surface area contributed by atoms with E-state index in [4.69, 9.17) is 116 Å². The molecule has 55 nitrogen and oxygen atoms in total. The molecule has 6 rings (SSSR count). The second kappa shape index (κ2) is 47.7. The first-order valence-corrected chi connectivity index (χ1v) is 43.0. The smallest absolute Gasteiger partial charge is 0.397 e. The van der Waals surface area contributed by atoms with Crippen LogP contribution in [0.2, 0.25) is 0 Å². The fourth-order valence-corrected chi connectivity index (χ4v) is 17.3. The molecule has 0 aromatic rings. The van der Waals surface area contributed by atoms with Crippen LogP contribution in [0.1, 0.15) is 87.5 Å². The maximum atomic E-state index is 13.0. The zero-order valence-corrected chi connectivity index (χ0v) is 67.6. The van der Waals surface area contributed by atoms with Gasteiger partial charge >= 0.3 is 52.0 Å². The molecule has 0 spiro atoms. The molecule has 0 radical (unpaired) electrons. The highest BCUT2D eigenvalue weighted by atomic mass is 32.3. The highest BCUT2D eigenvalue weighted by Crippen LogP contribution is 2.47. The Morgan fingerprint density at radius 3 is 1.12 bits per heavy atom. The Bertz CT molecular complexity index is 3550. The number of nitrogens with one attached hydrogen (secondary N) is 4. The number of carbonyl (C=O) groups is 4. The van der Waals surface area contributed by atoms with E-state index in [0.29, 0.717) is 50.7 Å². The summed E-state index contributed by atoms with van der Waals surface area (Å²) in [7, 11) is -27.5. The molecule has 1 amide bonds. The van der Waals surface area contributed by atoms with Crippen molar-refractivity contribution in [1.82, 2.24) is 22.2 Å². The fourth-order valence-electron chi connectivity index (χ4n) is 12.8. The monoisotopic (exact) mass is 1840 g/mol. The summed E-state index contributed by atoms with van der Waals surface area (Å²) in [5, 5.41) is 39.4. The van der Waals surface area contributed by atoms with Gasteiger partial charge in [-0.1, -0.05) is 60.4 Å². The highest BCUT2D eigenvalue weighted by molar-refractivity contribution is 7.95. The Kier molecular flexibility index (Phi) is 41.9. The van der Waals surface area contributed by atoms with Gasteiger partial charge in [0.1, 0.15) is 55.4 Å². The third-order valence-corrected chi connectivity index (χ3v) is 23.7. The lowest BCUT2D eigenvalue weighted by atomic mass is 9.87. The SMILES string of the molecule is CCCC(=O)NCCCCCO[C@@H]1OC(COS(=O)(=O)O)[C@@H](O[C@@H]2OC(OC=O)[C@@H](O[C@H]3O[C@@H](COOO)[C@@H](O[C@@H]4O[C@@H](OC=O)[C@@H](O[C@H]5OC(COS(=O)(=O)O)[C@@H](O[C@@H]6OC(OC=O)[C@@H](C)[C@@H](C)C6OS(=O)(=O)O)[C@H](C)C5SONOO)C(C)C4OS(=O)(=O)O)C(C)C3SONOO)[C@@H](C)C2OS(=O)(=O)O)[C@H](C)C1SONOO. The topological polar surface area (TPSA) is 728 Å². The minimum Gasteiger partial charge on any atom is -0.438 e. The van der Waals surface area contributed by atoms with Gasteiger partial charge in [-0.2, -0.15) is 42.1 Å². The predicted octanol–water partition coefficient (Wildman–Crippen LogP) is -1.34. The first-order chi connectivity index (χ1) is 54.1. The summed E-state index contributed by atoms with van der Waals surface area (Å²) in [6, 6.07) is 0. The summed E-state index contributed by atoms with van der Waals surface area (Å²) in [6.07, 6.45) is -36.6. The van der Waals surface area contributed by atoms with Gasteiger partial charge in [0.2, 0.25) is 24.8 Å². The van der Waals surface area contributed by atoms with Crippen LogP contribution in [-0.2, 0) is 201 Å². The van der Waals surface area contributed by atoms with Crippen molar-refractivity contribution < 1.29 is 235 Å². The fraction of sp³-hybridized carbons (Fsp3) is 0.923. The summed E-state index contributed by atoms with van der Waals surface area (Å²) >= 11 is 0.959. The zero-order chi connectivity index (χ0) is 85.3. The average Bonchev–Trinajstić information content (AvgIpc) is 0.754. The Morgan fingerprint density at radius 1 is 0.400 bits per heavy atom. The van der Waals surface area contributed by atoms with Crippen molar-refractivity contribution in [3.63, 3.8) is 0 Å².